The third-order valence-corrected chi connectivity index (χ3v) is 7.04. The molecule has 1 atom stereocenters. The minimum atomic E-state index is -3.66. The first-order valence-electron chi connectivity index (χ1n) is 10.8. The van der Waals surface area contributed by atoms with E-state index in [1.54, 1.807) is 6.20 Å². The van der Waals surface area contributed by atoms with Gasteiger partial charge in [0.1, 0.15) is 10.7 Å². The van der Waals surface area contributed by atoms with Gasteiger partial charge in [0.25, 0.3) is 0 Å². The third kappa shape index (κ3) is 10.5. The molecule has 0 aliphatic rings. The number of benzene rings is 1. The smallest absolute Gasteiger partial charge is 0.242 e. The molecule has 33 heavy (non-hydrogen) atoms. The minimum absolute atomic E-state index is 0.0320. The first-order chi connectivity index (χ1) is 15.7. The summed E-state index contributed by atoms with van der Waals surface area (Å²) in [4.78, 5) is 4.25. The molecule has 1 aromatic heterocycles. The van der Waals surface area contributed by atoms with Gasteiger partial charge in [-0.05, 0) is 74.3 Å². The number of unbranched alkanes of at least 4 members (excludes halogenated alkanes) is 1. The summed E-state index contributed by atoms with van der Waals surface area (Å²) in [6.45, 7) is 6.18. The van der Waals surface area contributed by atoms with Crippen LogP contribution < -0.4 is 20.7 Å². The van der Waals surface area contributed by atoms with Gasteiger partial charge in [0.15, 0.2) is 5.11 Å². The van der Waals surface area contributed by atoms with Crippen molar-refractivity contribution in [3.8, 4) is 0 Å². The van der Waals surface area contributed by atoms with Crippen LogP contribution in [0, 0.1) is 5.92 Å². The van der Waals surface area contributed by atoms with E-state index < -0.39 is 10.0 Å². The Labute approximate surface area is 212 Å². The molecule has 0 fully saturated rings. The van der Waals surface area contributed by atoms with Gasteiger partial charge >= 0.3 is 0 Å². The summed E-state index contributed by atoms with van der Waals surface area (Å²) in [6.07, 6.45) is 4.18. The summed E-state index contributed by atoms with van der Waals surface area (Å²) in [5, 5.41) is 10.9. The van der Waals surface area contributed by atoms with E-state index in [9.17, 15) is 8.42 Å². The number of rotatable bonds is 13. The third-order valence-electron chi connectivity index (χ3n) is 4.64. The molecular formula is C22H31Cl2N5O2S2. The summed E-state index contributed by atoms with van der Waals surface area (Å²) in [6, 6.07) is 10.1. The zero-order chi connectivity index (χ0) is 24.3. The number of halogens is 2. The Morgan fingerprint density at radius 2 is 1.88 bits per heavy atom. The Balaban J connectivity index is 1.69. The van der Waals surface area contributed by atoms with Crippen LogP contribution in [0.5, 0.6) is 0 Å². The molecule has 2 aromatic rings. The predicted molar refractivity (Wildman–Crippen MR) is 141 cm³/mol. The monoisotopic (exact) mass is 531 g/mol. The predicted octanol–water partition coefficient (Wildman–Crippen LogP) is 4.44. The Kier molecular flexibility index (Phi) is 11.8. The second kappa shape index (κ2) is 14.0. The molecule has 1 aromatic carbocycles. The zero-order valence-corrected chi connectivity index (χ0v) is 21.9. The fraction of sp³-hybridized carbons (Fsp3) is 0.455. The summed E-state index contributed by atoms with van der Waals surface area (Å²) in [5.74, 6) is 1.21. The molecule has 0 saturated heterocycles. The second-order valence-corrected chi connectivity index (χ2v) is 11.0. The Bertz CT molecular complexity index is 992. The minimum Gasteiger partial charge on any atom is -0.358 e. The van der Waals surface area contributed by atoms with Crippen molar-refractivity contribution in [1.82, 2.24) is 20.3 Å². The van der Waals surface area contributed by atoms with Crippen molar-refractivity contribution in [2.45, 2.75) is 44.0 Å². The van der Waals surface area contributed by atoms with Crippen molar-refractivity contribution in [3.05, 3.63) is 52.6 Å². The number of pyridine rings is 1. The molecule has 182 valence electrons. The maximum Gasteiger partial charge on any atom is 0.242 e. The number of hydrogen-bond acceptors (Lipinski definition) is 5. The highest BCUT2D eigenvalue weighted by molar-refractivity contribution is 7.89. The van der Waals surface area contributed by atoms with Crippen molar-refractivity contribution in [3.63, 3.8) is 0 Å². The average Bonchev–Trinajstić information content (AvgIpc) is 2.72. The van der Waals surface area contributed by atoms with Crippen LogP contribution in [-0.4, -0.2) is 44.2 Å². The molecule has 4 N–H and O–H groups in total. The van der Waals surface area contributed by atoms with Crippen LogP contribution in [0.4, 0.5) is 5.82 Å². The van der Waals surface area contributed by atoms with Gasteiger partial charge in [-0.25, -0.2) is 18.1 Å². The summed E-state index contributed by atoms with van der Waals surface area (Å²) >= 11 is 17.3. The number of thiocarbonyl (C=S) groups is 1. The molecule has 7 nitrogen and oxygen atoms in total. The molecule has 11 heteroatoms. The van der Waals surface area contributed by atoms with E-state index in [0.717, 1.165) is 25.9 Å². The largest absolute Gasteiger partial charge is 0.358 e. The van der Waals surface area contributed by atoms with E-state index in [4.69, 9.17) is 35.4 Å². The highest BCUT2D eigenvalue weighted by Gasteiger charge is 2.17. The number of hydrogen-bond donors (Lipinski definition) is 4. The van der Waals surface area contributed by atoms with E-state index in [-0.39, 0.29) is 16.0 Å². The van der Waals surface area contributed by atoms with E-state index in [2.05, 4.69) is 39.5 Å². The average molecular weight is 533 g/mol. The quantitative estimate of drug-likeness (QED) is 0.224. The molecule has 0 aliphatic carbocycles. The normalized spacial score (nSPS) is 12.5. The molecule has 0 bridgehead atoms. The van der Waals surface area contributed by atoms with Crippen LogP contribution in [-0.2, 0) is 10.0 Å². The van der Waals surface area contributed by atoms with E-state index in [1.165, 1.54) is 18.2 Å². The van der Waals surface area contributed by atoms with Crippen LogP contribution in [0.25, 0.3) is 0 Å². The molecule has 0 unspecified atom stereocenters. The van der Waals surface area contributed by atoms with Gasteiger partial charge in [-0.2, -0.15) is 0 Å². The first-order valence-corrected chi connectivity index (χ1v) is 13.5. The van der Waals surface area contributed by atoms with Crippen LogP contribution >= 0.6 is 35.4 Å². The maximum atomic E-state index is 12.4. The first kappa shape index (κ1) is 27.8. The highest BCUT2D eigenvalue weighted by Crippen LogP contribution is 2.24. The van der Waals surface area contributed by atoms with Crippen molar-refractivity contribution >= 4 is 56.4 Å². The molecule has 0 radical (unpaired) electrons. The van der Waals surface area contributed by atoms with Crippen LogP contribution in [0.3, 0.4) is 0 Å². The summed E-state index contributed by atoms with van der Waals surface area (Å²) in [5.41, 5.74) is 0. The van der Waals surface area contributed by atoms with E-state index in [1.807, 2.05) is 18.2 Å². The fourth-order valence-electron chi connectivity index (χ4n) is 3.17. The Hall–Kier alpha value is -1.49. The molecule has 0 amide bonds. The van der Waals surface area contributed by atoms with Crippen LogP contribution in [0.1, 0.15) is 33.1 Å². The molecule has 0 saturated carbocycles. The van der Waals surface area contributed by atoms with E-state index in [0.29, 0.717) is 34.8 Å². The molecular weight excluding hydrogens is 501 g/mol. The lowest BCUT2D eigenvalue weighted by Crippen LogP contribution is -2.44. The van der Waals surface area contributed by atoms with Crippen molar-refractivity contribution in [2.24, 2.45) is 5.92 Å². The topological polar surface area (TPSA) is 95.1 Å². The number of nitrogens with zero attached hydrogens (tertiary/aromatic N) is 1. The van der Waals surface area contributed by atoms with Gasteiger partial charge in [-0.1, -0.05) is 43.1 Å². The second-order valence-electron chi connectivity index (χ2n) is 8.02. The lowest BCUT2D eigenvalue weighted by Gasteiger charge is -2.23. The lowest BCUT2D eigenvalue weighted by atomic mass is 10.0. The highest BCUT2D eigenvalue weighted by atomic mass is 35.5. The van der Waals surface area contributed by atoms with Crippen LogP contribution in [0.2, 0.25) is 10.0 Å². The van der Waals surface area contributed by atoms with Gasteiger partial charge in [-0.3, -0.25) is 0 Å². The summed E-state index contributed by atoms with van der Waals surface area (Å²) in [7, 11) is -3.66. The van der Waals surface area contributed by atoms with Gasteiger partial charge in [-0.15, -0.1) is 0 Å². The number of aromatic nitrogens is 1. The van der Waals surface area contributed by atoms with Gasteiger partial charge in [0.2, 0.25) is 10.0 Å². The van der Waals surface area contributed by atoms with Crippen LogP contribution in [0.15, 0.2) is 47.5 Å². The van der Waals surface area contributed by atoms with Crippen molar-refractivity contribution in [1.29, 1.82) is 0 Å². The standard InChI is InChI=1S/C22H31Cl2N5O2S2/c1-16(2)13-18(28-22(32)29-21-7-3-4-11-26-21)15-25-10-5-6-12-27-33(30,31)20-9-8-17(23)14-19(20)24/h3-4,7-9,11,14,16,18,25,27H,5-6,10,12-13,15H2,1-2H3,(H2,26,28,29,32)/t18-/m0/s1. The number of sulfonamides is 1. The maximum absolute atomic E-state index is 12.4. The van der Waals surface area contributed by atoms with Crippen molar-refractivity contribution in [2.75, 3.05) is 25.0 Å². The van der Waals surface area contributed by atoms with E-state index >= 15 is 0 Å². The Morgan fingerprint density at radius 1 is 1.12 bits per heavy atom. The molecule has 1 heterocycles. The number of nitrogens with one attached hydrogen (secondary N) is 4. The zero-order valence-electron chi connectivity index (χ0n) is 18.8. The molecule has 2 rings (SSSR count). The van der Waals surface area contributed by atoms with Crippen molar-refractivity contribution < 1.29 is 8.42 Å². The SMILES string of the molecule is CC(C)C[C@@H](CNCCCCNS(=O)(=O)c1ccc(Cl)cc1Cl)NC(=S)Nc1ccccn1. The molecule has 0 spiro atoms. The molecule has 0 aliphatic heterocycles. The van der Waals surface area contributed by atoms with Gasteiger partial charge in [0.05, 0.1) is 5.02 Å². The number of anilines is 1. The summed E-state index contributed by atoms with van der Waals surface area (Å²) < 4.78 is 27.4. The fourth-order valence-corrected chi connectivity index (χ4v) is 5.28. The lowest BCUT2D eigenvalue weighted by molar-refractivity contribution is 0.438. The van der Waals surface area contributed by atoms with Gasteiger partial charge < -0.3 is 16.0 Å². The van der Waals surface area contributed by atoms with Gasteiger partial charge in [0, 0.05) is 30.4 Å². The Morgan fingerprint density at radius 3 is 2.55 bits per heavy atom.